The number of aromatic nitrogens is 3. The lowest BCUT2D eigenvalue weighted by molar-refractivity contribution is 0.461. The Kier molecular flexibility index (Phi) is 5.56. The van der Waals surface area contributed by atoms with Crippen molar-refractivity contribution in [2.24, 2.45) is 0 Å². The summed E-state index contributed by atoms with van der Waals surface area (Å²) in [6, 6.07) is 17.2. The number of hydrogen-bond acceptors (Lipinski definition) is 3. The summed E-state index contributed by atoms with van der Waals surface area (Å²) in [4.78, 5) is 1.75. The average molecular weight is 338 g/mol. The van der Waals surface area contributed by atoms with Gasteiger partial charge in [-0.2, -0.15) is 15.0 Å². The predicted octanol–water partition coefficient (Wildman–Crippen LogP) is 4.00. The monoisotopic (exact) mass is 338 g/mol. The molecule has 3 rings (SSSR count). The Bertz CT molecular complexity index is 812. The van der Waals surface area contributed by atoms with Crippen molar-refractivity contribution in [2.75, 3.05) is 6.54 Å². The van der Waals surface area contributed by atoms with Crippen LogP contribution in [0.3, 0.4) is 0 Å². The van der Waals surface area contributed by atoms with Crippen LogP contribution in [0.15, 0.2) is 54.6 Å². The number of hydrogen-bond donors (Lipinski definition) is 1. The quantitative estimate of drug-likeness (QED) is 0.662. The van der Waals surface area contributed by atoms with Gasteiger partial charge in [0, 0.05) is 12.1 Å². The maximum absolute atomic E-state index is 13.7. The fourth-order valence-corrected chi connectivity index (χ4v) is 2.65. The van der Waals surface area contributed by atoms with Crippen LogP contribution in [-0.4, -0.2) is 21.5 Å². The van der Waals surface area contributed by atoms with E-state index in [9.17, 15) is 4.39 Å². The number of nitrogens with zero attached hydrogens (tertiary/aromatic N) is 3. The molecular formula is C20H23FN4. The minimum Gasteiger partial charge on any atom is -0.311 e. The molecule has 0 aliphatic carbocycles. The Labute approximate surface area is 147 Å². The molecule has 1 N–H and O–H groups in total. The Balaban J connectivity index is 1.68. The van der Waals surface area contributed by atoms with Crippen LogP contribution < -0.4 is 5.32 Å². The molecule has 1 aromatic heterocycles. The molecule has 0 aliphatic heterocycles. The van der Waals surface area contributed by atoms with Gasteiger partial charge in [-0.3, -0.25) is 0 Å². The van der Waals surface area contributed by atoms with Crippen molar-refractivity contribution in [2.45, 2.75) is 32.9 Å². The van der Waals surface area contributed by atoms with E-state index in [4.69, 9.17) is 0 Å². The summed E-state index contributed by atoms with van der Waals surface area (Å²) in [7, 11) is 0. The van der Waals surface area contributed by atoms with Crippen LogP contribution in [0, 0.1) is 5.82 Å². The van der Waals surface area contributed by atoms with Crippen molar-refractivity contribution in [1.29, 1.82) is 0 Å². The molecule has 0 spiro atoms. The van der Waals surface area contributed by atoms with Crippen molar-refractivity contribution in [3.8, 4) is 11.3 Å². The maximum Gasteiger partial charge on any atom is 0.126 e. The summed E-state index contributed by atoms with van der Waals surface area (Å²) in [5, 5.41) is 12.6. The van der Waals surface area contributed by atoms with Crippen molar-refractivity contribution in [1.82, 2.24) is 20.3 Å². The molecule has 25 heavy (non-hydrogen) atoms. The van der Waals surface area contributed by atoms with Gasteiger partial charge in [-0.1, -0.05) is 48.5 Å². The summed E-state index contributed by atoms with van der Waals surface area (Å²) in [6.07, 6.45) is 0.645. The standard InChI is InChI=1S/C20H23FN4/c1-15(2)25-23-19(20(24-25)17-9-4-3-5-10-17)14-22-13-12-16-8-6-7-11-18(16)21/h3-11,15,22H,12-14H2,1-2H3. The van der Waals surface area contributed by atoms with E-state index < -0.39 is 0 Å². The first-order chi connectivity index (χ1) is 12.1. The highest BCUT2D eigenvalue weighted by atomic mass is 19.1. The zero-order chi connectivity index (χ0) is 17.6. The van der Waals surface area contributed by atoms with Crippen LogP contribution in [0.1, 0.15) is 31.1 Å². The van der Waals surface area contributed by atoms with E-state index >= 15 is 0 Å². The van der Waals surface area contributed by atoms with Crippen molar-refractivity contribution >= 4 is 0 Å². The lowest BCUT2D eigenvalue weighted by Crippen LogP contribution is -2.18. The topological polar surface area (TPSA) is 42.7 Å². The first-order valence-corrected chi connectivity index (χ1v) is 8.60. The van der Waals surface area contributed by atoms with Gasteiger partial charge < -0.3 is 5.32 Å². The van der Waals surface area contributed by atoms with E-state index in [2.05, 4.69) is 29.4 Å². The minimum absolute atomic E-state index is 0.153. The average Bonchev–Trinajstić information content (AvgIpc) is 3.05. The fraction of sp³-hybridized carbons (Fsp3) is 0.300. The third-order valence-electron chi connectivity index (χ3n) is 4.03. The molecule has 0 amide bonds. The van der Waals surface area contributed by atoms with Crippen molar-refractivity contribution in [3.05, 3.63) is 71.7 Å². The summed E-state index contributed by atoms with van der Waals surface area (Å²) in [5.74, 6) is -0.153. The van der Waals surface area contributed by atoms with E-state index in [1.807, 2.05) is 42.5 Å². The van der Waals surface area contributed by atoms with Crippen molar-refractivity contribution < 1.29 is 4.39 Å². The fourth-order valence-electron chi connectivity index (χ4n) is 2.65. The normalized spacial score (nSPS) is 11.2. The van der Waals surface area contributed by atoms with Gasteiger partial charge in [0.25, 0.3) is 0 Å². The molecule has 5 heteroatoms. The molecule has 0 saturated carbocycles. The van der Waals surface area contributed by atoms with Crippen LogP contribution in [0.2, 0.25) is 0 Å². The highest BCUT2D eigenvalue weighted by Crippen LogP contribution is 2.21. The molecule has 3 aromatic rings. The van der Waals surface area contributed by atoms with E-state index in [-0.39, 0.29) is 11.9 Å². The van der Waals surface area contributed by atoms with E-state index in [0.717, 1.165) is 22.5 Å². The Morgan fingerprint density at radius 2 is 1.72 bits per heavy atom. The number of halogens is 1. The van der Waals surface area contributed by atoms with Gasteiger partial charge in [-0.15, -0.1) is 0 Å². The summed E-state index contributed by atoms with van der Waals surface area (Å²) >= 11 is 0. The smallest absolute Gasteiger partial charge is 0.126 e. The maximum atomic E-state index is 13.7. The zero-order valence-corrected chi connectivity index (χ0v) is 14.6. The summed E-state index contributed by atoms with van der Waals surface area (Å²) in [6.45, 7) is 5.41. The molecule has 1 heterocycles. The molecule has 130 valence electrons. The van der Waals surface area contributed by atoms with Crippen LogP contribution in [-0.2, 0) is 13.0 Å². The van der Waals surface area contributed by atoms with E-state index in [1.54, 1.807) is 10.9 Å². The van der Waals surface area contributed by atoms with E-state index in [1.165, 1.54) is 6.07 Å². The molecule has 0 unspecified atom stereocenters. The molecule has 0 radical (unpaired) electrons. The highest BCUT2D eigenvalue weighted by molar-refractivity contribution is 5.60. The van der Waals surface area contributed by atoms with Crippen LogP contribution in [0.25, 0.3) is 11.3 Å². The molecule has 0 saturated heterocycles. The van der Waals surface area contributed by atoms with Crippen LogP contribution in [0.5, 0.6) is 0 Å². The second-order valence-electron chi connectivity index (χ2n) is 6.29. The number of rotatable bonds is 7. The molecule has 2 aromatic carbocycles. The third kappa shape index (κ3) is 4.31. The molecule has 0 fully saturated rings. The molecule has 0 bridgehead atoms. The number of nitrogens with one attached hydrogen (secondary N) is 1. The lowest BCUT2D eigenvalue weighted by Gasteiger charge is -2.05. The van der Waals surface area contributed by atoms with Gasteiger partial charge in [-0.25, -0.2) is 4.39 Å². The third-order valence-corrected chi connectivity index (χ3v) is 4.03. The van der Waals surface area contributed by atoms with Crippen molar-refractivity contribution in [3.63, 3.8) is 0 Å². The first kappa shape index (κ1) is 17.3. The lowest BCUT2D eigenvalue weighted by atomic mass is 10.1. The van der Waals surface area contributed by atoms with Crippen LogP contribution in [0.4, 0.5) is 4.39 Å². The van der Waals surface area contributed by atoms with Gasteiger partial charge >= 0.3 is 0 Å². The summed E-state index contributed by atoms with van der Waals surface area (Å²) < 4.78 is 13.7. The Morgan fingerprint density at radius 3 is 2.44 bits per heavy atom. The predicted molar refractivity (Wildman–Crippen MR) is 97.7 cm³/mol. The van der Waals surface area contributed by atoms with Gasteiger partial charge in [0.1, 0.15) is 17.2 Å². The van der Waals surface area contributed by atoms with E-state index in [0.29, 0.717) is 19.5 Å². The largest absolute Gasteiger partial charge is 0.311 e. The first-order valence-electron chi connectivity index (χ1n) is 8.60. The molecular weight excluding hydrogens is 315 g/mol. The Morgan fingerprint density at radius 1 is 1.00 bits per heavy atom. The zero-order valence-electron chi connectivity index (χ0n) is 14.6. The van der Waals surface area contributed by atoms with Gasteiger partial charge in [0.2, 0.25) is 0 Å². The van der Waals surface area contributed by atoms with Gasteiger partial charge in [-0.05, 0) is 38.4 Å². The van der Waals surface area contributed by atoms with Gasteiger partial charge in [0.15, 0.2) is 0 Å². The SMILES string of the molecule is CC(C)n1nc(CNCCc2ccccc2F)c(-c2ccccc2)n1. The second kappa shape index (κ2) is 8.03. The van der Waals surface area contributed by atoms with Gasteiger partial charge in [0.05, 0.1) is 6.04 Å². The minimum atomic E-state index is -0.153. The molecule has 0 aliphatic rings. The summed E-state index contributed by atoms with van der Waals surface area (Å²) in [5.41, 5.74) is 3.59. The second-order valence-corrected chi connectivity index (χ2v) is 6.29. The highest BCUT2D eigenvalue weighted by Gasteiger charge is 2.14. The van der Waals surface area contributed by atoms with Crippen LogP contribution >= 0.6 is 0 Å². The molecule has 0 atom stereocenters. The molecule has 4 nitrogen and oxygen atoms in total. The number of benzene rings is 2. The Hall–Kier alpha value is -2.53.